The van der Waals surface area contributed by atoms with Crippen molar-refractivity contribution in [2.75, 3.05) is 0 Å². The van der Waals surface area contributed by atoms with Crippen molar-refractivity contribution < 1.29 is 4.79 Å². The van der Waals surface area contributed by atoms with Crippen molar-refractivity contribution in [3.63, 3.8) is 0 Å². The van der Waals surface area contributed by atoms with E-state index in [1.807, 2.05) is 23.1 Å². The molecule has 1 heterocycles. The van der Waals surface area contributed by atoms with Crippen molar-refractivity contribution in [2.24, 2.45) is 0 Å². The molecule has 3 heteroatoms. The summed E-state index contributed by atoms with van der Waals surface area (Å²) in [6.45, 7) is 4.19. The molecule has 0 radical (unpaired) electrons. The minimum atomic E-state index is 0.135. The third-order valence-corrected chi connectivity index (χ3v) is 5.15. The lowest BCUT2D eigenvalue weighted by Crippen LogP contribution is -2.51. The molecule has 2 atom stereocenters. The summed E-state index contributed by atoms with van der Waals surface area (Å²) in [5.41, 5.74) is 2.46. The van der Waals surface area contributed by atoms with Crippen LogP contribution in [0.5, 0.6) is 0 Å². The zero-order valence-corrected chi connectivity index (χ0v) is 13.1. The molecule has 2 aromatic rings. The Morgan fingerprint density at radius 1 is 1.10 bits per heavy atom. The van der Waals surface area contributed by atoms with Crippen molar-refractivity contribution in [1.29, 1.82) is 0 Å². The van der Waals surface area contributed by atoms with Gasteiger partial charge in [-0.1, -0.05) is 48.0 Å². The Morgan fingerprint density at radius 2 is 1.76 bits per heavy atom. The van der Waals surface area contributed by atoms with Gasteiger partial charge in [0.15, 0.2) is 0 Å². The zero-order valence-electron chi connectivity index (χ0n) is 12.3. The normalized spacial score (nSPS) is 19.2. The number of β-lactam (4-membered cyclic amide) rings is 1. The summed E-state index contributed by atoms with van der Waals surface area (Å²) in [6.07, 6.45) is 0.635. The fraction of sp³-hybridized carbons (Fsp3) is 0.278. The van der Waals surface area contributed by atoms with Crippen molar-refractivity contribution in [3.05, 3.63) is 65.7 Å². The second kappa shape index (κ2) is 5.94. The fourth-order valence-electron chi connectivity index (χ4n) is 2.63. The molecular formula is C18H19NOS. The molecule has 2 aromatic carbocycles. The van der Waals surface area contributed by atoms with Gasteiger partial charge in [0.1, 0.15) is 0 Å². The SMILES string of the molecule is Cc1ccc(S[C@H]2CC(=O)N2[C@@H](C)c2ccccc2)cc1. The second-order valence-corrected chi connectivity index (χ2v) is 6.73. The second-order valence-electron chi connectivity index (χ2n) is 5.48. The first kappa shape index (κ1) is 14.2. The monoisotopic (exact) mass is 297 g/mol. The minimum absolute atomic E-state index is 0.135. The first-order valence-corrected chi connectivity index (χ1v) is 8.12. The van der Waals surface area contributed by atoms with Crippen molar-refractivity contribution in [3.8, 4) is 0 Å². The number of carbonyl (C=O) groups excluding carboxylic acids is 1. The van der Waals surface area contributed by atoms with Crippen LogP contribution in [0.3, 0.4) is 0 Å². The Morgan fingerprint density at radius 3 is 2.38 bits per heavy atom. The Hall–Kier alpha value is -1.74. The molecule has 21 heavy (non-hydrogen) atoms. The summed E-state index contributed by atoms with van der Waals surface area (Å²) in [5.74, 6) is 0.246. The van der Waals surface area contributed by atoms with Gasteiger partial charge in [0.2, 0.25) is 5.91 Å². The lowest BCUT2D eigenvalue weighted by molar-refractivity contribution is -0.144. The minimum Gasteiger partial charge on any atom is -0.323 e. The lowest BCUT2D eigenvalue weighted by atomic mass is 10.0. The summed E-state index contributed by atoms with van der Waals surface area (Å²) in [5, 5.41) is 0.246. The molecule has 1 saturated heterocycles. The summed E-state index contributed by atoms with van der Waals surface area (Å²) < 4.78 is 0. The van der Waals surface area contributed by atoms with Crippen LogP contribution in [-0.4, -0.2) is 16.2 Å². The number of nitrogens with zero attached hydrogens (tertiary/aromatic N) is 1. The number of likely N-dealkylation sites (tertiary alicyclic amines) is 1. The summed E-state index contributed by atoms with van der Waals surface area (Å²) in [6, 6.07) is 18.9. The zero-order chi connectivity index (χ0) is 14.8. The number of amides is 1. The van der Waals surface area contributed by atoms with Gasteiger partial charge in [-0.15, -0.1) is 11.8 Å². The summed E-state index contributed by atoms with van der Waals surface area (Å²) in [7, 11) is 0. The Balaban J connectivity index is 1.72. The fourth-order valence-corrected chi connectivity index (χ4v) is 3.88. The van der Waals surface area contributed by atoms with E-state index in [2.05, 4.69) is 50.2 Å². The standard InChI is InChI=1S/C18H19NOS/c1-13-8-10-16(11-9-13)21-18-12-17(20)19(18)14(2)15-6-4-3-5-7-15/h3-11,14,18H,12H2,1-2H3/t14-,18-/m0/s1. The van der Waals surface area contributed by atoms with Gasteiger partial charge in [-0.3, -0.25) is 4.79 Å². The maximum Gasteiger partial charge on any atom is 0.226 e. The van der Waals surface area contributed by atoms with Gasteiger partial charge in [-0.25, -0.2) is 0 Å². The molecule has 1 amide bonds. The molecule has 0 spiro atoms. The quantitative estimate of drug-likeness (QED) is 0.779. The average Bonchev–Trinajstić information content (AvgIpc) is 2.49. The molecule has 2 nitrogen and oxygen atoms in total. The van der Waals surface area contributed by atoms with Gasteiger partial charge in [-0.2, -0.15) is 0 Å². The highest BCUT2D eigenvalue weighted by molar-refractivity contribution is 8.00. The van der Waals surface area contributed by atoms with E-state index in [0.717, 1.165) is 0 Å². The third-order valence-electron chi connectivity index (χ3n) is 3.94. The summed E-state index contributed by atoms with van der Waals surface area (Å²) in [4.78, 5) is 15.2. The van der Waals surface area contributed by atoms with Gasteiger partial charge in [0.05, 0.1) is 17.8 Å². The largest absolute Gasteiger partial charge is 0.323 e. The maximum atomic E-state index is 12.0. The topological polar surface area (TPSA) is 20.3 Å². The van der Waals surface area contributed by atoms with Crippen LogP contribution in [-0.2, 0) is 4.79 Å². The van der Waals surface area contributed by atoms with Crippen molar-refractivity contribution in [1.82, 2.24) is 4.90 Å². The number of hydrogen-bond donors (Lipinski definition) is 0. The molecule has 3 rings (SSSR count). The van der Waals surface area contributed by atoms with Gasteiger partial charge in [0, 0.05) is 4.90 Å². The molecule has 1 aliphatic rings. The van der Waals surface area contributed by atoms with Crippen LogP contribution >= 0.6 is 11.8 Å². The van der Waals surface area contributed by atoms with E-state index in [4.69, 9.17) is 0 Å². The molecule has 0 N–H and O–H groups in total. The Labute approximate surface area is 130 Å². The Bertz CT molecular complexity index is 623. The van der Waals surface area contributed by atoms with Crippen molar-refractivity contribution >= 4 is 17.7 Å². The summed E-state index contributed by atoms with van der Waals surface area (Å²) >= 11 is 1.78. The van der Waals surface area contributed by atoms with Crippen LogP contribution in [0.15, 0.2) is 59.5 Å². The van der Waals surface area contributed by atoms with Gasteiger partial charge < -0.3 is 4.90 Å². The highest BCUT2D eigenvalue weighted by Gasteiger charge is 2.40. The van der Waals surface area contributed by atoms with Crippen LogP contribution in [0, 0.1) is 6.92 Å². The van der Waals surface area contributed by atoms with Gasteiger partial charge in [-0.05, 0) is 31.5 Å². The highest BCUT2D eigenvalue weighted by Crippen LogP contribution is 2.40. The van der Waals surface area contributed by atoms with E-state index in [1.54, 1.807) is 11.8 Å². The van der Waals surface area contributed by atoms with E-state index >= 15 is 0 Å². The maximum absolute atomic E-state index is 12.0. The first-order valence-electron chi connectivity index (χ1n) is 7.24. The molecule has 0 unspecified atom stereocenters. The van der Waals surface area contributed by atoms with Crippen molar-refractivity contribution in [2.45, 2.75) is 36.6 Å². The molecule has 1 aliphatic heterocycles. The Kier molecular flexibility index (Phi) is 4.02. The van der Waals surface area contributed by atoms with Crippen LogP contribution in [0.4, 0.5) is 0 Å². The van der Waals surface area contributed by atoms with Crippen LogP contribution < -0.4 is 0 Å². The molecule has 0 aromatic heterocycles. The van der Waals surface area contributed by atoms with E-state index in [-0.39, 0.29) is 17.3 Å². The third kappa shape index (κ3) is 2.98. The number of carbonyl (C=O) groups is 1. The van der Waals surface area contributed by atoms with Crippen LogP contribution in [0.25, 0.3) is 0 Å². The van der Waals surface area contributed by atoms with E-state index < -0.39 is 0 Å². The number of benzene rings is 2. The number of thioether (sulfide) groups is 1. The van der Waals surface area contributed by atoms with E-state index in [9.17, 15) is 4.79 Å². The predicted octanol–water partition coefficient (Wildman–Crippen LogP) is 4.41. The van der Waals surface area contributed by atoms with E-state index in [0.29, 0.717) is 6.42 Å². The smallest absolute Gasteiger partial charge is 0.226 e. The molecule has 108 valence electrons. The molecule has 1 fully saturated rings. The molecule has 0 saturated carbocycles. The number of aryl methyl sites for hydroxylation is 1. The molecular weight excluding hydrogens is 278 g/mol. The average molecular weight is 297 g/mol. The van der Waals surface area contributed by atoms with Gasteiger partial charge in [0.25, 0.3) is 0 Å². The van der Waals surface area contributed by atoms with E-state index in [1.165, 1.54) is 16.0 Å². The molecule has 0 bridgehead atoms. The molecule has 0 aliphatic carbocycles. The lowest BCUT2D eigenvalue weighted by Gasteiger charge is -2.44. The first-order chi connectivity index (χ1) is 10.1. The number of rotatable bonds is 4. The highest BCUT2D eigenvalue weighted by atomic mass is 32.2. The number of hydrogen-bond acceptors (Lipinski definition) is 2. The van der Waals surface area contributed by atoms with Gasteiger partial charge >= 0.3 is 0 Å². The van der Waals surface area contributed by atoms with Crippen LogP contribution in [0.2, 0.25) is 0 Å². The predicted molar refractivity (Wildman–Crippen MR) is 87.1 cm³/mol. The van der Waals surface area contributed by atoms with Crippen LogP contribution in [0.1, 0.15) is 30.5 Å².